The molecule has 0 aliphatic carbocycles. The second kappa shape index (κ2) is 31.7. The van der Waals surface area contributed by atoms with Gasteiger partial charge in [-0.05, 0) is 240 Å². The molecule has 0 unspecified atom stereocenters. The Morgan fingerprint density at radius 2 is 0.326 bits per heavy atom. The lowest BCUT2D eigenvalue weighted by Crippen LogP contribution is -1.93. The molecular formula is C126H78S3. The maximum Gasteiger partial charge on any atom is 0.0361 e. The van der Waals surface area contributed by atoms with Crippen molar-refractivity contribution in [2.24, 2.45) is 0 Å². The summed E-state index contributed by atoms with van der Waals surface area (Å²) in [4.78, 5) is 0. The average Bonchev–Trinajstić information content (AvgIpc) is 1.65. The van der Waals surface area contributed by atoms with Crippen LogP contribution in [0.3, 0.4) is 0 Å². The van der Waals surface area contributed by atoms with Crippen LogP contribution in [0.5, 0.6) is 0 Å². The van der Waals surface area contributed by atoms with E-state index in [0.717, 1.165) is 0 Å². The summed E-state index contributed by atoms with van der Waals surface area (Å²) in [6, 6.07) is 174. The predicted molar refractivity (Wildman–Crippen MR) is 564 cm³/mol. The molecule has 0 amide bonds. The zero-order chi connectivity index (χ0) is 85.0. The fourth-order valence-corrected chi connectivity index (χ4v) is 24.5. The molecule has 0 N–H and O–H groups in total. The molecule has 0 saturated heterocycles. The van der Waals surface area contributed by atoms with Gasteiger partial charge >= 0.3 is 0 Å². The smallest absolute Gasteiger partial charge is 0.0361 e. The van der Waals surface area contributed by atoms with Crippen LogP contribution in [0.1, 0.15) is 0 Å². The zero-order valence-electron chi connectivity index (χ0n) is 70.3. The van der Waals surface area contributed by atoms with Crippen LogP contribution >= 0.6 is 34.0 Å². The molecule has 0 spiro atoms. The molecule has 0 atom stereocenters. The van der Waals surface area contributed by atoms with E-state index in [0.29, 0.717) is 0 Å². The van der Waals surface area contributed by atoms with E-state index < -0.39 is 0 Å². The monoisotopic (exact) mass is 1690 g/mol. The number of rotatable bonds is 9. The van der Waals surface area contributed by atoms with Gasteiger partial charge in [-0.15, -0.1) is 34.0 Å². The highest BCUT2D eigenvalue weighted by atomic mass is 32.1. The first-order valence-corrected chi connectivity index (χ1v) is 46.8. The SMILES string of the molecule is c1cc(-c2cccc3ccccc23)cc(-c2c3ccccc3c(-c3cccc4sc5ccccc5c34)c3ccccc23)c1.c1ccc(-c2c3ccccc3c(-c3cccc4sc5ccccc5c34)c3ccccc23)c(-c2cccc3ccccc23)c1.c1ccc2c(-c3ccc(-c4c5ccccc5c(-c5cccc6sc7ccccc7c56)c5ccccc45)cc3)cccc2c1. The Morgan fingerprint density at radius 1 is 0.109 bits per heavy atom. The van der Waals surface area contributed by atoms with Crippen LogP contribution in [0, 0.1) is 0 Å². The van der Waals surface area contributed by atoms with Crippen LogP contribution in [0.2, 0.25) is 0 Å². The van der Waals surface area contributed by atoms with Crippen molar-refractivity contribution in [3.8, 4) is 100 Å². The summed E-state index contributed by atoms with van der Waals surface area (Å²) in [5.74, 6) is 0. The van der Waals surface area contributed by atoms with Crippen LogP contribution < -0.4 is 0 Å². The normalized spacial score (nSPS) is 11.7. The van der Waals surface area contributed by atoms with E-state index in [2.05, 4.69) is 473 Å². The summed E-state index contributed by atoms with van der Waals surface area (Å²) < 4.78 is 8.00. The van der Waals surface area contributed by atoms with E-state index in [9.17, 15) is 0 Å². The van der Waals surface area contributed by atoms with Gasteiger partial charge in [-0.2, -0.15) is 0 Å². The first-order valence-electron chi connectivity index (χ1n) is 44.3. The van der Waals surface area contributed by atoms with Crippen LogP contribution in [-0.2, 0) is 0 Å². The van der Waals surface area contributed by atoms with Gasteiger partial charge < -0.3 is 0 Å². The summed E-state index contributed by atoms with van der Waals surface area (Å²) in [6.07, 6.45) is 0. The molecular weight excluding hydrogens is 1610 g/mol. The van der Waals surface area contributed by atoms with Crippen LogP contribution in [0.15, 0.2) is 473 Å². The highest BCUT2D eigenvalue weighted by Crippen LogP contribution is 2.54. The molecule has 129 heavy (non-hydrogen) atoms. The number of hydrogen-bond acceptors (Lipinski definition) is 3. The lowest BCUT2D eigenvalue weighted by Gasteiger charge is -2.20. The van der Waals surface area contributed by atoms with Gasteiger partial charge in [0.15, 0.2) is 0 Å². The Balaban J connectivity index is 0.000000105. The Labute approximate surface area is 758 Å². The number of thiophene rings is 3. The number of hydrogen-bond donors (Lipinski definition) is 0. The molecule has 0 aliphatic heterocycles. The van der Waals surface area contributed by atoms with E-state index in [-0.39, 0.29) is 0 Å². The Bertz CT molecular complexity index is 9020. The molecule has 3 aromatic heterocycles. The molecule has 27 aromatic rings. The zero-order valence-corrected chi connectivity index (χ0v) is 72.7. The second-order valence-electron chi connectivity index (χ2n) is 33.6. The van der Waals surface area contributed by atoms with E-state index in [1.54, 1.807) is 0 Å². The topological polar surface area (TPSA) is 0 Å². The fourth-order valence-electron chi connectivity index (χ4n) is 21.1. The third-order valence-corrected chi connectivity index (χ3v) is 30.0. The standard InChI is InChI=1S/3C42H26S/c1-2-16-30-27(12-1)13-10-22-31(30)28-14-9-15-29(26-28)40-32-17-3-5-19-34(32)41(35-20-6-4-18-33(35)40)37-23-11-25-39-42(37)36-21-7-8-24-38(36)43-39;1-2-13-30-27(11-1)12-9-19-31(30)28-23-25-29(26-24-28)40-32-14-3-5-16-34(32)41(35-17-6-4-15-33(35)40)37-20-10-22-39-42(37)36-18-7-8-21-38(36)43-39;1-2-15-28-27(13-1)14-11-23-29(28)30-16-3-4-17-31(30)40-32-18-5-7-20-34(32)41(35-21-8-6-19-33(35)40)37-24-12-26-39-42(37)36-22-9-10-25-38(36)43-39/h3*1-26H. The fraction of sp³-hybridized carbons (Fsp3) is 0. The lowest BCUT2D eigenvalue weighted by molar-refractivity contribution is 1.63. The van der Waals surface area contributed by atoms with Crippen LogP contribution in [0.4, 0.5) is 0 Å². The van der Waals surface area contributed by atoms with Gasteiger partial charge in [0.1, 0.15) is 0 Å². The summed E-state index contributed by atoms with van der Waals surface area (Å²) >= 11 is 5.64. The van der Waals surface area contributed by atoms with Gasteiger partial charge in [0.05, 0.1) is 0 Å². The van der Waals surface area contributed by atoms with Crippen molar-refractivity contribution in [2.75, 3.05) is 0 Å². The molecule has 0 bridgehead atoms. The van der Waals surface area contributed by atoms with E-state index >= 15 is 0 Å². The van der Waals surface area contributed by atoms with Gasteiger partial charge in [-0.1, -0.05) is 431 Å². The minimum atomic E-state index is 1.24. The van der Waals surface area contributed by atoms with Gasteiger partial charge in [0, 0.05) is 60.5 Å². The second-order valence-corrected chi connectivity index (χ2v) is 36.9. The maximum atomic E-state index is 2.38. The summed E-state index contributed by atoms with van der Waals surface area (Å²) in [6.45, 7) is 0. The predicted octanol–water partition coefficient (Wildman–Crippen LogP) is 37.5. The van der Waals surface area contributed by atoms with Crippen molar-refractivity contribution in [1.29, 1.82) is 0 Å². The molecule has 0 aliphatic rings. The molecule has 3 heteroatoms. The third kappa shape index (κ3) is 12.7. The van der Waals surface area contributed by atoms with E-state index in [4.69, 9.17) is 0 Å². The molecule has 0 radical (unpaired) electrons. The number of benzene rings is 24. The Morgan fingerprint density at radius 3 is 0.698 bits per heavy atom. The third-order valence-electron chi connectivity index (χ3n) is 26.6. The largest absolute Gasteiger partial charge is 0.135 e. The lowest BCUT2D eigenvalue weighted by atomic mass is 9.82. The summed E-state index contributed by atoms with van der Waals surface area (Å²) in [5.41, 5.74) is 23.0. The maximum absolute atomic E-state index is 2.38. The van der Waals surface area contributed by atoms with Crippen molar-refractivity contribution in [3.05, 3.63) is 473 Å². The Kier molecular flexibility index (Phi) is 18.6. The molecule has 0 fully saturated rings. The summed E-state index contributed by atoms with van der Waals surface area (Å²) in [5, 5.41) is 31.1. The molecule has 24 aromatic carbocycles. The van der Waals surface area contributed by atoms with Gasteiger partial charge in [-0.3, -0.25) is 0 Å². The highest BCUT2D eigenvalue weighted by Gasteiger charge is 2.26. The van der Waals surface area contributed by atoms with Crippen molar-refractivity contribution in [3.63, 3.8) is 0 Å². The van der Waals surface area contributed by atoms with Crippen molar-refractivity contribution in [2.45, 2.75) is 0 Å². The van der Waals surface area contributed by atoms with Gasteiger partial charge in [-0.25, -0.2) is 0 Å². The first kappa shape index (κ1) is 75.8. The van der Waals surface area contributed by atoms with E-state index in [1.807, 2.05) is 34.0 Å². The van der Waals surface area contributed by atoms with E-state index in [1.165, 1.54) is 258 Å². The van der Waals surface area contributed by atoms with Crippen molar-refractivity contribution >= 4 is 191 Å². The molecule has 27 rings (SSSR count). The molecule has 0 nitrogen and oxygen atoms in total. The minimum absolute atomic E-state index is 1.24. The average molecular weight is 1690 g/mol. The van der Waals surface area contributed by atoms with Gasteiger partial charge in [0.2, 0.25) is 0 Å². The number of fused-ring (bicyclic) bond motifs is 18. The van der Waals surface area contributed by atoms with Crippen molar-refractivity contribution < 1.29 is 0 Å². The quantitative estimate of drug-likeness (QED) is 0.126. The first-order chi connectivity index (χ1) is 64.1. The molecule has 3 heterocycles. The van der Waals surface area contributed by atoms with Crippen LogP contribution in [-0.4, -0.2) is 0 Å². The molecule has 600 valence electrons. The summed E-state index contributed by atoms with van der Waals surface area (Å²) in [7, 11) is 0. The minimum Gasteiger partial charge on any atom is -0.135 e. The van der Waals surface area contributed by atoms with Crippen LogP contribution in [0.25, 0.3) is 258 Å². The van der Waals surface area contributed by atoms with Crippen molar-refractivity contribution in [1.82, 2.24) is 0 Å². The Hall–Kier alpha value is -15.7. The van der Waals surface area contributed by atoms with Gasteiger partial charge in [0.25, 0.3) is 0 Å². The molecule has 0 saturated carbocycles. The highest BCUT2D eigenvalue weighted by molar-refractivity contribution is 7.26.